The largest absolute Gasteiger partial charge is 0.497 e. The summed E-state index contributed by atoms with van der Waals surface area (Å²) in [5.74, 6) is 0.838. The molecule has 6 nitrogen and oxygen atoms in total. The maximum absolute atomic E-state index is 12.8. The first-order valence-electron chi connectivity index (χ1n) is 10.3. The molecule has 2 aliphatic heterocycles. The van der Waals surface area contributed by atoms with Crippen LogP contribution in [0, 0.1) is 0 Å². The number of nitrogens with one attached hydrogen (secondary N) is 1. The van der Waals surface area contributed by atoms with Gasteiger partial charge in [-0.3, -0.25) is 0 Å². The summed E-state index contributed by atoms with van der Waals surface area (Å²) in [7, 11) is 1.67. The predicted molar refractivity (Wildman–Crippen MR) is 106 cm³/mol. The van der Waals surface area contributed by atoms with Gasteiger partial charge in [0.2, 0.25) is 0 Å². The Bertz CT molecular complexity index is 602. The van der Waals surface area contributed by atoms with E-state index < -0.39 is 0 Å². The van der Waals surface area contributed by atoms with Crippen LogP contribution in [0.1, 0.15) is 50.1 Å². The third-order valence-electron chi connectivity index (χ3n) is 5.73. The smallest absolute Gasteiger partial charge is 0.317 e. The molecule has 1 aromatic carbocycles. The Morgan fingerprint density at radius 1 is 1.22 bits per heavy atom. The number of aliphatic hydroxyl groups excluding tert-OH is 1. The van der Waals surface area contributed by atoms with E-state index in [1.165, 1.54) is 0 Å². The number of aliphatic hydroxyl groups is 1. The number of benzene rings is 1. The lowest BCUT2D eigenvalue weighted by atomic mass is 9.95. The quantitative estimate of drug-likeness (QED) is 0.751. The fourth-order valence-corrected chi connectivity index (χ4v) is 4.11. The summed E-state index contributed by atoms with van der Waals surface area (Å²) in [6.07, 6.45) is 5.74. The molecule has 1 aromatic rings. The minimum absolute atomic E-state index is 0.0385. The fraction of sp³-hybridized carbons (Fsp3) is 0.667. The Morgan fingerprint density at radius 2 is 2.04 bits per heavy atom. The molecule has 2 amide bonds. The molecule has 2 aliphatic rings. The Balaban J connectivity index is 1.48. The van der Waals surface area contributed by atoms with Crippen molar-refractivity contribution in [2.45, 2.75) is 50.7 Å². The van der Waals surface area contributed by atoms with Gasteiger partial charge in [-0.15, -0.1) is 0 Å². The summed E-state index contributed by atoms with van der Waals surface area (Å²) in [5, 5.41) is 12.7. The number of carbonyl (C=O) groups excluding carboxylic acids is 1. The number of amides is 2. The number of likely N-dealkylation sites (tertiary alicyclic amines) is 2. The number of methoxy groups -OCH3 is 1. The van der Waals surface area contributed by atoms with Crippen molar-refractivity contribution in [1.82, 2.24) is 15.1 Å². The second-order valence-electron chi connectivity index (χ2n) is 7.64. The molecule has 27 heavy (non-hydrogen) atoms. The molecule has 0 aromatic heterocycles. The summed E-state index contributed by atoms with van der Waals surface area (Å²) in [5.41, 5.74) is 1.15. The number of piperidine rings is 2. The van der Waals surface area contributed by atoms with Gasteiger partial charge in [-0.25, -0.2) is 4.79 Å². The molecule has 2 saturated heterocycles. The Hall–Kier alpha value is -1.79. The van der Waals surface area contributed by atoms with Crippen LogP contribution < -0.4 is 10.1 Å². The molecule has 0 spiro atoms. The Morgan fingerprint density at radius 3 is 2.81 bits per heavy atom. The van der Waals surface area contributed by atoms with Gasteiger partial charge in [0, 0.05) is 26.2 Å². The summed E-state index contributed by atoms with van der Waals surface area (Å²) in [6, 6.07) is 8.23. The standard InChI is InChI=1S/C21H33N3O3/c1-27-19-7-4-6-17(16-19)20-8-2-3-13-24(20)21(26)22-11-5-12-23-14-9-18(25)10-15-23/h4,6-7,16,18,20,25H,2-3,5,8-15H2,1H3,(H,22,26)/t20-/m0/s1. The zero-order valence-electron chi connectivity index (χ0n) is 16.4. The first-order chi connectivity index (χ1) is 13.2. The lowest BCUT2D eigenvalue weighted by Crippen LogP contribution is -2.45. The van der Waals surface area contributed by atoms with Gasteiger partial charge in [-0.05, 0) is 62.8 Å². The number of urea groups is 1. The first kappa shape index (κ1) is 20.0. The second-order valence-corrected chi connectivity index (χ2v) is 7.64. The highest BCUT2D eigenvalue weighted by atomic mass is 16.5. The predicted octanol–water partition coefficient (Wildman–Crippen LogP) is 2.78. The third kappa shape index (κ3) is 5.59. The van der Waals surface area contributed by atoms with E-state index in [-0.39, 0.29) is 18.2 Å². The highest BCUT2D eigenvalue weighted by Gasteiger charge is 2.28. The molecular weight excluding hydrogens is 342 g/mol. The van der Waals surface area contributed by atoms with Crippen molar-refractivity contribution in [1.29, 1.82) is 0 Å². The first-order valence-corrected chi connectivity index (χ1v) is 10.3. The van der Waals surface area contributed by atoms with Crippen LogP contribution in [0.25, 0.3) is 0 Å². The molecule has 0 radical (unpaired) electrons. The molecule has 150 valence electrons. The van der Waals surface area contributed by atoms with Gasteiger partial charge in [0.05, 0.1) is 19.3 Å². The number of carbonyl (C=O) groups is 1. The molecule has 0 aliphatic carbocycles. The van der Waals surface area contributed by atoms with E-state index in [9.17, 15) is 9.90 Å². The van der Waals surface area contributed by atoms with Gasteiger partial charge in [0.25, 0.3) is 0 Å². The average molecular weight is 376 g/mol. The molecule has 1 atom stereocenters. The fourth-order valence-electron chi connectivity index (χ4n) is 4.11. The van der Waals surface area contributed by atoms with Crippen LogP contribution in [0.2, 0.25) is 0 Å². The van der Waals surface area contributed by atoms with E-state index in [2.05, 4.69) is 16.3 Å². The summed E-state index contributed by atoms with van der Waals surface area (Å²) in [6.45, 7) is 4.39. The van der Waals surface area contributed by atoms with Crippen molar-refractivity contribution >= 4 is 6.03 Å². The van der Waals surface area contributed by atoms with Crippen LogP contribution in [0.3, 0.4) is 0 Å². The van der Waals surface area contributed by atoms with Crippen molar-refractivity contribution in [3.05, 3.63) is 29.8 Å². The molecule has 0 unspecified atom stereocenters. The van der Waals surface area contributed by atoms with Crippen LogP contribution in [0.5, 0.6) is 5.75 Å². The van der Waals surface area contributed by atoms with Gasteiger partial charge >= 0.3 is 6.03 Å². The molecule has 3 rings (SSSR count). The summed E-state index contributed by atoms with van der Waals surface area (Å²) >= 11 is 0. The topological polar surface area (TPSA) is 65.0 Å². The number of rotatable bonds is 6. The number of ether oxygens (including phenoxy) is 1. The zero-order chi connectivity index (χ0) is 19.1. The van der Waals surface area contributed by atoms with E-state index >= 15 is 0 Å². The summed E-state index contributed by atoms with van der Waals surface area (Å²) < 4.78 is 5.35. The molecule has 2 fully saturated rings. The minimum Gasteiger partial charge on any atom is -0.497 e. The molecule has 2 N–H and O–H groups in total. The maximum Gasteiger partial charge on any atom is 0.317 e. The van der Waals surface area contributed by atoms with Gasteiger partial charge in [0.15, 0.2) is 0 Å². The SMILES string of the molecule is COc1cccc([C@@H]2CCCCN2C(=O)NCCCN2CCC(O)CC2)c1. The van der Waals surface area contributed by atoms with Crippen molar-refractivity contribution < 1.29 is 14.6 Å². The lowest BCUT2D eigenvalue weighted by Gasteiger charge is -2.36. The average Bonchev–Trinajstić information content (AvgIpc) is 2.72. The molecule has 0 saturated carbocycles. The van der Waals surface area contributed by atoms with Crippen LogP contribution in [0.4, 0.5) is 4.79 Å². The second kappa shape index (κ2) is 9.95. The van der Waals surface area contributed by atoms with Crippen LogP contribution in [-0.2, 0) is 0 Å². The highest BCUT2D eigenvalue weighted by Crippen LogP contribution is 2.32. The van der Waals surface area contributed by atoms with E-state index in [0.29, 0.717) is 6.54 Å². The minimum atomic E-state index is -0.131. The lowest BCUT2D eigenvalue weighted by molar-refractivity contribution is 0.0820. The van der Waals surface area contributed by atoms with Crippen molar-refractivity contribution in [2.24, 2.45) is 0 Å². The number of hydrogen-bond donors (Lipinski definition) is 2. The number of hydrogen-bond acceptors (Lipinski definition) is 4. The molecular formula is C21H33N3O3. The Kier molecular flexibility index (Phi) is 7.35. The van der Waals surface area contributed by atoms with Gasteiger partial charge in [0.1, 0.15) is 5.75 Å². The van der Waals surface area contributed by atoms with E-state index in [0.717, 1.165) is 76.0 Å². The van der Waals surface area contributed by atoms with Gasteiger partial charge < -0.3 is 25.0 Å². The van der Waals surface area contributed by atoms with Crippen LogP contribution >= 0.6 is 0 Å². The van der Waals surface area contributed by atoms with E-state index in [1.807, 2.05) is 23.1 Å². The van der Waals surface area contributed by atoms with Crippen molar-refractivity contribution in [2.75, 3.05) is 39.8 Å². The Labute approximate surface area is 162 Å². The maximum atomic E-state index is 12.8. The number of nitrogens with zero attached hydrogens (tertiary/aromatic N) is 2. The third-order valence-corrected chi connectivity index (χ3v) is 5.73. The molecule has 6 heteroatoms. The summed E-state index contributed by atoms with van der Waals surface area (Å²) in [4.78, 5) is 17.1. The highest BCUT2D eigenvalue weighted by molar-refractivity contribution is 5.74. The molecule has 2 heterocycles. The van der Waals surface area contributed by atoms with Crippen molar-refractivity contribution in [3.63, 3.8) is 0 Å². The van der Waals surface area contributed by atoms with E-state index in [1.54, 1.807) is 7.11 Å². The van der Waals surface area contributed by atoms with E-state index in [4.69, 9.17) is 4.74 Å². The monoisotopic (exact) mass is 375 g/mol. The normalized spacial score (nSPS) is 21.9. The van der Waals surface area contributed by atoms with Crippen LogP contribution in [-0.4, -0.2) is 66.9 Å². The van der Waals surface area contributed by atoms with Crippen LogP contribution in [0.15, 0.2) is 24.3 Å². The van der Waals surface area contributed by atoms with Gasteiger partial charge in [-0.2, -0.15) is 0 Å². The van der Waals surface area contributed by atoms with Crippen molar-refractivity contribution in [3.8, 4) is 5.75 Å². The van der Waals surface area contributed by atoms with Gasteiger partial charge in [-0.1, -0.05) is 12.1 Å². The zero-order valence-corrected chi connectivity index (χ0v) is 16.4. The molecule has 0 bridgehead atoms.